The van der Waals surface area contributed by atoms with E-state index in [-0.39, 0.29) is 11.3 Å². The molecular formula is C14H13N3O3. The van der Waals surface area contributed by atoms with Crippen LogP contribution in [0.2, 0.25) is 0 Å². The quantitative estimate of drug-likeness (QED) is 0.791. The van der Waals surface area contributed by atoms with E-state index in [0.29, 0.717) is 11.4 Å². The van der Waals surface area contributed by atoms with Crippen LogP contribution in [0.5, 0.6) is 0 Å². The SMILES string of the molecule is Cc1ccc(C(=O)O)cc1NC(=O)c1ccc(N)cn1. The fraction of sp³-hybridized carbons (Fsp3) is 0.0714. The molecule has 1 amide bonds. The van der Waals surface area contributed by atoms with E-state index in [0.717, 1.165) is 5.56 Å². The average molecular weight is 271 g/mol. The van der Waals surface area contributed by atoms with Crippen molar-refractivity contribution in [1.29, 1.82) is 0 Å². The number of amides is 1. The Morgan fingerprint density at radius 1 is 1.25 bits per heavy atom. The van der Waals surface area contributed by atoms with Crippen LogP contribution < -0.4 is 11.1 Å². The predicted octanol–water partition coefficient (Wildman–Crippen LogP) is 1.92. The number of nitrogens with one attached hydrogen (secondary N) is 1. The van der Waals surface area contributed by atoms with Crippen molar-refractivity contribution >= 4 is 23.3 Å². The summed E-state index contributed by atoms with van der Waals surface area (Å²) in [6.45, 7) is 1.78. The Kier molecular flexibility index (Phi) is 3.65. The van der Waals surface area contributed by atoms with Crippen LogP contribution in [-0.4, -0.2) is 22.0 Å². The van der Waals surface area contributed by atoms with Crippen LogP contribution in [0.3, 0.4) is 0 Å². The van der Waals surface area contributed by atoms with Crippen molar-refractivity contribution in [1.82, 2.24) is 4.98 Å². The third kappa shape index (κ3) is 2.92. The van der Waals surface area contributed by atoms with Crippen LogP contribution in [0.15, 0.2) is 36.5 Å². The summed E-state index contributed by atoms with van der Waals surface area (Å²) in [6.07, 6.45) is 1.38. The predicted molar refractivity (Wildman–Crippen MR) is 74.7 cm³/mol. The van der Waals surface area contributed by atoms with Crippen LogP contribution >= 0.6 is 0 Å². The molecule has 0 saturated carbocycles. The van der Waals surface area contributed by atoms with Gasteiger partial charge in [-0.15, -0.1) is 0 Å². The number of aromatic nitrogens is 1. The fourth-order valence-electron chi connectivity index (χ4n) is 1.62. The van der Waals surface area contributed by atoms with E-state index in [1.54, 1.807) is 19.1 Å². The Labute approximate surface area is 115 Å². The lowest BCUT2D eigenvalue weighted by atomic mass is 10.1. The number of hydrogen-bond donors (Lipinski definition) is 3. The van der Waals surface area contributed by atoms with E-state index in [1.807, 2.05) is 0 Å². The first-order valence-corrected chi connectivity index (χ1v) is 5.84. The monoisotopic (exact) mass is 271 g/mol. The summed E-state index contributed by atoms with van der Waals surface area (Å²) in [5.41, 5.74) is 7.48. The number of aromatic carboxylic acids is 1. The fourth-order valence-corrected chi connectivity index (χ4v) is 1.62. The minimum absolute atomic E-state index is 0.108. The Hall–Kier alpha value is -2.89. The number of pyridine rings is 1. The zero-order valence-electron chi connectivity index (χ0n) is 10.8. The van der Waals surface area contributed by atoms with Gasteiger partial charge in [0.1, 0.15) is 5.69 Å². The normalized spacial score (nSPS) is 10.1. The molecule has 0 spiro atoms. The number of nitrogens with zero attached hydrogens (tertiary/aromatic N) is 1. The maximum atomic E-state index is 12.0. The van der Waals surface area contributed by atoms with Crippen molar-refractivity contribution in [3.8, 4) is 0 Å². The van der Waals surface area contributed by atoms with Gasteiger partial charge in [0.25, 0.3) is 5.91 Å². The molecule has 6 nitrogen and oxygen atoms in total. The molecule has 2 aromatic rings. The molecule has 0 fully saturated rings. The molecule has 0 aliphatic rings. The van der Waals surface area contributed by atoms with Crippen molar-refractivity contribution in [3.63, 3.8) is 0 Å². The number of rotatable bonds is 3. The minimum Gasteiger partial charge on any atom is -0.478 e. The lowest BCUT2D eigenvalue weighted by Crippen LogP contribution is -2.15. The number of nitrogens with two attached hydrogens (primary N) is 1. The number of nitrogen functional groups attached to an aromatic ring is 1. The van der Waals surface area contributed by atoms with Gasteiger partial charge in [-0.1, -0.05) is 6.07 Å². The molecule has 6 heteroatoms. The number of carboxylic acid groups (broad SMARTS) is 1. The summed E-state index contributed by atoms with van der Waals surface area (Å²) < 4.78 is 0. The molecule has 0 aliphatic carbocycles. The minimum atomic E-state index is -1.05. The molecule has 1 heterocycles. The van der Waals surface area contributed by atoms with Crippen molar-refractivity contribution in [3.05, 3.63) is 53.3 Å². The first-order valence-electron chi connectivity index (χ1n) is 5.84. The number of carbonyl (C=O) groups is 2. The number of hydrogen-bond acceptors (Lipinski definition) is 4. The van der Waals surface area contributed by atoms with Gasteiger partial charge in [-0.3, -0.25) is 4.79 Å². The summed E-state index contributed by atoms with van der Waals surface area (Å²) in [6, 6.07) is 7.60. The van der Waals surface area contributed by atoms with Crippen molar-refractivity contribution in [2.24, 2.45) is 0 Å². The van der Waals surface area contributed by atoms with Crippen molar-refractivity contribution in [2.75, 3.05) is 11.1 Å². The smallest absolute Gasteiger partial charge is 0.335 e. The largest absolute Gasteiger partial charge is 0.478 e. The first kappa shape index (κ1) is 13.5. The highest BCUT2D eigenvalue weighted by molar-refractivity contribution is 6.04. The molecular weight excluding hydrogens is 258 g/mol. The molecule has 0 radical (unpaired) electrons. The Bertz CT molecular complexity index is 666. The second-order valence-electron chi connectivity index (χ2n) is 4.27. The van der Waals surface area contributed by atoms with Crippen LogP contribution in [0.25, 0.3) is 0 Å². The highest BCUT2D eigenvalue weighted by atomic mass is 16.4. The molecule has 0 bridgehead atoms. The maximum Gasteiger partial charge on any atom is 0.335 e. The molecule has 4 N–H and O–H groups in total. The van der Waals surface area contributed by atoms with Gasteiger partial charge in [0.2, 0.25) is 0 Å². The maximum absolute atomic E-state index is 12.0. The zero-order chi connectivity index (χ0) is 14.7. The number of aryl methyl sites for hydroxylation is 1. The standard InChI is InChI=1S/C14H13N3O3/c1-8-2-3-9(14(19)20)6-12(8)17-13(18)11-5-4-10(15)7-16-11/h2-7H,15H2,1H3,(H,17,18)(H,19,20). The Morgan fingerprint density at radius 3 is 2.60 bits per heavy atom. The van der Waals surface area contributed by atoms with Gasteiger partial charge in [0, 0.05) is 5.69 Å². The molecule has 2 rings (SSSR count). The molecule has 0 atom stereocenters. The van der Waals surface area contributed by atoms with Gasteiger partial charge in [-0.05, 0) is 36.8 Å². The zero-order valence-corrected chi connectivity index (χ0v) is 10.8. The van der Waals surface area contributed by atoms with Crippen molar-refractivity contribution < 1.29 is 14.7 Å². The Morgan fingerprint density at radius 2 is 2.00 bits per heavy atom. The molecule has 20 heavy (non-hydrogen) atoms. The van der Waals surface area contributed by atoms with E-state index in [2.05, 4.69) is 10.3 Å². The third-order valence-electron chi connectivity index (χ3n) is 2.75. The van der Waals surface area contributed by atoms with Gasteiger partial charge < -0.3 is 16.2 Å². The third-order valence-corrected chi connectivity index (χ3v) is 2.75. The first-order chi connectivity index (χ1) is 9.47. The molecule has 0 unspecified atom stereocenters. The van der Waals surface area contributed by atoms with E-state index < -0.39 is 11.9 Å². The second kappa shape index (κ2) is 5.40. The highest BCUT2D eigenvalue weighted by Gasteiger charge is 2.11. The summed E-state index contributed by atoms with van der Waals surface area (Å²) in [5, 5.41) is 11.6. The van der Waals surface area contributed by atoms with Gasteiger partial charge in [-0.25, -0.2) is 9.78 Å². The molecule has 1 aromatic carbocycles. The molecule has 102 valence electrons. The number of carboxylic acids is 1. The number of carbonyl (C=O) groups excluding carboxylic acids is 1. The topological polar surface area (TPSA) is 105 Å². The Balaban J connectivity index is 2.25. The van der Waals surface area contributed by atoms with Crippen LogP contribution in [0, 0.1) is 6.92 Å². The highest BCUT2D eigenvalue weighted by Crippen LogP contribution is 2.18. The van der Waals surface area contributed by atoms with E-state index >= 15 is 0 Å². The van der Waals surface area contributed by atoms with Gasteiger partial charge in [-0.2, -0.15) is 0 Å². The van der Waals surface area contributed by atoms with Crippen LogP contribution in [0.4, 0.5) is 11.4 Å². The molecule has 0 saturated heterocycles. The summed E-state index contributed by atoms with van der Waals surface area (Å²) in [4.78, 5) is 26.8. The van der Waals surface area contributed by atoms with Gasteiger partial charge in [0.15, 0.2) is 0 Å². The second-order valence-corrected chi connectivity index (χ2v) is 4.27. The van der Waals surface area contributed by atoms with Crippen LogP contribution in [-0.2, 0) is 0 Å². The lowest BCUT2D eigenvalue weighted by molar-refractivity contribution is 0.0696. The summed E-state index contributed by atoms with van der Waals surface area (Å²) in [7, 11) is 0. The van der Waals surface area contributed by atoms with Crippen LogP contribution in [0.1, 0.15) is 26.4 Å². The molecule has 1 aromatic heterocycles. The number of benzene rings is 1. The lowest BCUT2D eigenvalue weighted by Gasteiger charge is -2.09. The molecule has 0 aliphatic heterocycles. The van der Waals surface area contributed by atoms with E-state index in [4.69, 9.17) is 10.8 Å². The average Bonchev–Trinajstić information content (AvgIpc) is 2.41. The van der Waals surface area contributed by atoms with E-state index in [9.17, 15) is 9.59 Å². The van der Waals surface area contributed by atoms with E-state index in [1.165, 1.54) is 24.4 Å². The summed E-state index contributed by atoms with van der Waals surface area (Å²) in [5.74, 6) is -1.47. The number of anilines is 2. The summed E-state index contributed by atoms with van der Waals surface area (Å²) >= 11 is 0. The van der Waals surface area contributed by atoms with Gasteiger partial charge >= 0.3 is 5.97 Å². The van der Waals surface area contributed by atoms with Crippen molar-refractivity contribution in [2.45, 2.75) is 6.92 Å². The van der Waals surface area contributed by atoms with Gasteiger partial charge in [0.05, 0.1) is 17.4 Å².